The number of carboxylic acids is 1. The van der Waals surface area contributed by atoms with Crippen LogP contribution in [0, 0.1) is 5.92 Å². The number of carbonyl (C=O) groups is 2. The molecule has 0 aromatic rings. The Kier molecular flexibility index (Phi) is 5.29. The summed E-state index contributed by atoms with van der Waals surface area (Å²) in [7, 11) is 0. The third-order valence-electron chi connectivity index (χ3n) is 1.90. The Morgan fingerprint density at radius 1 is 1.38 bits per heavy atom. The summed E-state index contributed by atoms with van der Waals surface area (Å²) >= 11 is 0. The maximum atomic E-state index is 11.7. The highest BCUT2D eigenvalue weighted by Crippen LogP contribution is 2.07. The molecule has 90 valence electrons. The molecule has 0 bridgehead atoms. The second-order valence-corrected chi connectivity index (χ2v) is 3.80. The van der Waals surface area contributed by atoms with E-state index < -0.39 is 17.9 Å². The zero-order valence-corrected chi connectivity index (χ0v) is 9.91. The number of amides is 2. The lowest BCUT2D eigenvalue weighted by Gasteiger charge is -2.24. The number of nitrogens with one attached hydrogen (secondary N) is 1. The smallest absolute Gasteiger partial charge is 0.325 e. The van der Waals surface area contributed by atoms with Crippen molar-refractivity contribution >= 4 is 12.0 Å². The highest BCUT2D eigenvalue weighted by Gasteiger charge is 2.20. The third-order valence-corrected chi connectivity index (χ3v) is 1.90. The van der Waals surface area contributed by atoms with Crippen molar-refractivity contribution in [3.8, 4) is 0 Å². The number of urea groups is 1. The molecule has 5 nitrogen and oxygen atoms in total. The highest BCUT2D eigenvalue weighted by atomic mass is 16.4. The normalized spacial score (nSPS) is 11.4. The second-order valence-electron chi connectivity index (χ2n) is 3.80. The fourth-order valence-corrected chi connectivity index (χ4v) is 1.01. The van der Waals surface area contributed by atoms with E-state index in [1.54, 1.807) is 13.8 Å². The summed E-state index contributed by atoms with van der Waals surface area (Å²) in [6.45, 7) is 12.1. The minimum absolute atomic E-state index is 0.0871. The topological polar surface area (TPSA) is 69.6 Å². The minimum atomic E-state index is -0.950. The van der Waals surface area contributed by atoms with Crippen LogP contribution >= 0.6 is 0 Å². The van der Waals surface area contributed by atoms with Crippen molar-refractivity contribution in [2.24, 2.45) is 5.92 Å². The van der Waals surface area contributed by atoms with E-state index in [2.05, 4.69) is 18.5 Å². The molecule has 0 rings (SSSR count). The van der Waals surface area contributed by atoms with Gasteiger partial charge in [-0.3, -0.25) is 9.69 Å². The van der Waals surface area contributed by atoms with Crippen molar-refractivity contribution in [3.63, 3.8) is 0 Å². The van der Waals surface area contributed by atoms with E-state index in [-0.39, 0.29) is 6.54 Å². The summed E-state index contributed by atoms with van der Waals surface area (Å²) < 4.78 is 0. The molecule has 0 aliphatic rings. The van der Waals surface area contributed by atoms with Gasteiger partial charge in [-0.1, -0.05) is 20.1 Å². The van der Waals surface area contributed by atoms with Crippen LogP contribution in [0.4, 0.5) is 4.79 Å². The van der Waals surface area contributed by atoms with E-state index in [9.17, 15) is 9.59 Å². The zero-order chi connectivity index (χ0) is 12.9. The summed E-state index contributed by atoms with van der Waals surface area (Å²) in [5, 5.41) is 11.3. The molecule has 0 aromatic heterocycles. The van der Waals surface area contributed by atoms with Gasteiger partial charge in [-0.25, -0.2) is 4.79 Å². The van der Waals surface area contributed by atoms with Gasteiger partial charge in [-0.15, -0.1) is 0 Å². The first kappa shape index (κ1) is 14.2. The Morgan fingerprint density at radius 3 is 2.19 bits per heavy atom. The van der Waals surface area contributed by atoms with Crippen LogP contribution in [0.3, 0.4) is 0 Å². The van der Waals surface area contributed by atoms with E-state index in [1.807, 2.05) is 0 Å². The molecule has 5 heteroatoms. The summed E-state index contributed by atoms with van der Waals surface area (Å²) in [6, 6.07) is -0.409. The van der Waals surface area contributed by atoms with Gasteiger partial charge < -0.3 is 10.4 Å². The molecule has 2 N–H and O–H groups in total. The van der Waals surface area contributed by atoms with Gasteiger partial charge in [-0.05, 0) is 13.8 Å². The van der Waals surface area contributed by atoms with Crippen molar-refractivity contribution < 1.29 is 14.7 Å². The van der Waals surface area contributed by atoms with Gasteiger partial charge in [0, 0.05) is 17.9 Å². The van der Waals surface area contributed by atoms with Crippen molar-refractivity contribution in [2.75, 3.05) is 6.54 Å². The first-order valence-electron chi connectivity index (χ1n) is 4.88. The highest BCUT2D eigenvalue weighted by molar-refractivity contribution is 5.78. The standard InChI is InChI=1S/C11H18N2O3/c1-7(2)12-11(16)13(8(3)4)6-9(5)10(14)15/h9H,1,3,6H2,2,4-5H3,(H,12,16)(H,14,15). The van der Waals surface area contributed by atoms with Gasteiger partial charge >= 0.3 is 12.0 Å². The Balaban J connectivity index is 4.62. The number of hydrogen-bond acceptors (Lipinski definition) is 2. The average molecular weight is 226 g/mol. The summed E-state index contributed by atoms with van der Waals surface area (Å²) in [5.41, 5.74) is 0.992. The molecule has 1 atom stereocenters. The number of allylic oxidation sites excluding steroid dienone is 2. The predicted molar refractivity (Wildman–Crippen MR) is 61.7 cm³/mol. The van der Waals surface area contributed by atoms with Crippen LogP contribution in [-0.4, -0.2) is 28.6 Å². The predicted octanol–water partition coefficient (Wildman–Crippen LogP) is 1.79. The van der Waals surface area contributed by atoms with Gasteiger partial charge in [0.15, 0.2) is 0 Å². The SMILES string of the molecule is C=C(C)NC(=O)N(CC(C)C(=O)O)C(=C)C. The number of aliphatic carboxylic acids is 1. The van der Waals surface area contributed by atoms with Crippen molar-refractivity contribution in [1.82, 2.24) is 10.2 Å². The van der Waals surface area contributed by atoms with Crippen LogP contribution in [0.25, 0.3) is 0 Å². The number of hydrogen-bond donors (Lipinski definition) is 2. The van der Waals surface area contributed by atoms with E-state index in [1.165, 1.54) is 11.8 Å². The molecule has 0 aliphatic heterocycles. The van der Waals surface area contributed by atoms with E-state index >= 15 is 0 Å². The van der Waals surface area contributed by atoms with Crippen LogP contribution in [-0.2, 0) is 4.79 Å². The molecular weight excluding hydrogens is 208 g/mol. The lowest BCUT2D eigenvalue weighted by Crippen LogP contribution is -2.41. The molecule has 1 unspecified atom stereocenters. The number of carbonyl (C=O) groups excluding carboxylic acids is 1. The first-order valence-corrected chi connectivity index (χ1v) is 4.88. The molecule has 0 aromatic carbocycles. The van der Waals surface area contributed by atoms with Crippen LogP contribution in [0.15, 0.2) is 24.6 Å². The molecule has 0 saturated carbocycles. The van der Waals surface area contributed by atoms with Gasteiger partial charge in [0.25, 0.3) is 0 Å². The van der Waals surface area contributed by atoms with Gasteiger partial charge in [0.05, 0.1) is 5.92 Å². The van der Waals surface area contributed by atoms with Crippen LogP contribution < -0.4 is 5.32 Å². The van der Waals surface area contributed by atoms with Gasteiger partial charge in [0.2, 0.25) is 0 Å². The quantitative estimate of drug-likeness (QED) is 0.750. The lowest BCUT2D eigenvalue weighted by molar-refractivity contribution is -0.141. The Morgan fingerprint density at radius 2 is 1.88 bits per heavy atom. The third kappa shape index (κ3) is 4.63. The van der Waals surface area contributed by atoms with Crippen molar-refractivity contribution in [1.29, 1.82) is 0 Å². The molecule has 0 radical (unpaired) electrons. The average Bonchev–Trinajstić information content (AvgIpc) is 2.11. The van der Waals surface area contributed by atoms with Crippen LogP contribution in [0.5, 0.6) is 0 Å². The Labute approximate surface area is 95.4 Å². The van der Waals surface area contributed by atoms with Crippen LogP contribution in [0.2, 0.25) is 0 Å². The van der Waals surface area contributed by atoms with Crippen LogP contribution in [0.1, 0.15) is 20.8 Å². The first-order chi connectivity index (χ1) is 7.25. The van der Waals surface area contributed by atoms with E-state index in [4.69, 9.17) is 5.11 Å². The van der Waals surface area contributed by atoms with E-state index in [0.29, 0.717) is 11.4 Å². The molecular formula is C11H18N2O3. The molecule has 0 aliphatic carbocycles. The second kappa shape index (κ2) is 5.95. The monoisotopic (exact) mass is 226 g/mol. The van der Waals surface area contributed by atoms with E-state index in [0.717, 1.165) is 0 Å². The maximum Gasteiger partial charge on any atom is 0.325 e. The molecule has 16 heavy (non-hydrogen) atoms. The number of nitrogens with zero attached hydrogens (tertiary/aromatic N) is 1. The largest absolute Gasteiger partial charge is 0.481 e. The fourth-order valence-electron chi connectivity index (χ4n) is 1.01. The summed E-state index contributed by atoms with van der Waals surface area (Å²) in [5.74, 6) is -1.60. The zero-order valence-electron chi connectivity index (χ0n) is 9.91. The number of rotatable bonds is 5. The molecule has 0 saturated heterocycles. The molecule has 2 amide bonds. The maximum absolute atomic E-state index is 11.7. The van der Waals surface area contributed by atoms with Gasteiger partial charge in [0.1, 0.15) is 0 Å². The molecule has 0 fully saturated rings. The Hall–Kier alpha value is -1.78. The Bertz CT molecular complexity index is 323. The van der Waals surface area contributed by atoms with Crippen molar-refractivity contribution in [2.45, 2.75) is 20.8 Å². The minimum Gasteiger partial charge on any atom is -0.481 e. The number of carboxylic acid groups (broad SMARTS) is 1. The summed E-state index contributed by atoms with van der Waals surface area (Å²) in [4.78, 5) is 23.6. The fraction of sp³-hybridized carbons (Fsp3) is 0.455. The molecule has 0 heterocycles. The van der Waals surface area contributed by atoms with Crippen molar-refractivity contribution in [3.05, 3.63) is 24.6 Å². The lowest BCUT2D eigenvalue weighted by atomic mass is 10.1. The molecule has 0 spiro atoms. The summed E-state index contributed by atoms with van der Waals surface area (Å²) in [6.07, 6.45) is 0. The van der Waals surface area contributed by atoms with Gasteiger partial charge in [-0.2, -0.15) is 0 Å².